The van der Waals surface area contributed by atoms with E-state index in [9.17, 15) is 0 Å². The summed E-state index contributed by atoms with van der Waals surface area (Å²) < 4.78 is 5.63. The zero-order chi connectivity index (χ0) is 12.4. The Kier molecular flexibility index (Phi) is 4.22. The Morgan fingerprint density at radius 2 is 2.22 bits per heavy atom. The highest BCUT2D eigenvalue weighted by Crippen LogP contribution is 2.38. The van der Waals surface area contributed by atoms with Crippen LogP contribution in [0.15, 0.2) is 0 Å². The van der Waals surface area contributed by atoms with E-state index in [1.807, 2.05) is 0 Å². The average Bonchev–Trinajstić information content (AvgIpc) is 2.96. The lowest BCUT2D eigenvalue weighted by Gasteiger charge is -2.33. The van der Waals surface area contributed by atoms with E-state index in [1.54, 1.807) is 0 Å². The molecule has 0 aromatic rings. The minimum absolute atomic E-state index is 0.599. The van der Waals surface area contributed by atoms with Crippen LogP contribution >= 0.6 is 0 Å². The van der Waals surface area contributed by atoms with Gasteiger partial charge in [0.25, 0.3) is 0 Å². The summed E-state index contributed by atoms with van der Waals surface area (Å²) in [5, 5.41) is 7.60. The van der Waals surface area contributed by atoms with Gasteiger partial charge in [-0.1, -0.05) is 19.8 Å². The van der Waals surface area contributed by atoms with Crippen LogP contribution in [0.3, 0.4) is 0 Å². The lowest BCUT2D eigenvalue weighted by molar-refractivity contribution is 0.0523. The van der Waals surface area contributed by atoms with Crippen molar-refractivity contribution in [3.8, 4) is 0 Å². The molecule has 2 N–H and O–H groups in total. The molecule has 18 heavy (non-hydrogen) atoms. The van der Waals surface area contributed by atoms with Crippen molar-refractivity contribution in [2.75, 3.05) is 19.8 Å². The highest BCUT2D eigenvalue weighted by atomic mass is 16.5. The first-order valence-corrected chi connectivity index (χ1v) is 7.95. The van der Waals surface area contributed by atoms with Gasteiger partial charge in [0.05, 0.1) is 13.2 Å². The summed E-state index contributed by atoms with van der Waals surface area (Å²) in [5.41, 5.74) is 0. The third kappa shape index (κ3) is 2.89. The molecule has 3 aliphatic rings. The summed E-state index contributed by atoms with van der Waals surface area (Å²) in [4.78, 5) is 0. The fraction of sp³-hybridized carbons (Fsp3) is 1.00. The quantitative estimate of drug-likeness (QED) is 0.784. The van der Waals surface area contributed by atoms with E-state index in [1.165, 1.54) is 38.5 Å². The van der Waals surface area contributed by atoms with Crippen molar-refractivity contribution in [2.45, 2.75) is 63.6 Å². The number of morpholine rings is 1. The molecule has 2 saturated carbocycles. The molecule has 1 aliphatic heterocycles. The van der Waals surface area contributed by atoms with Gasteiger partial charge < -0.3 is 15.4 Å². The van der Waals surface area contributed by atoms with Gasteiger partial charge >= 0.3 is 0 Å². The topological polar surface area (TPSA) is 33.3 Å². The van der Waals surface area contributed by atoms with Gasteiger partial charge in [-0.3, -0.25) is 0 Å². The zero-order valence-electron chi connectivity index (χ0n) is 11.7. The van der Waals surface area contributed by atoms with Crippen LogP contribution in [0.25, 0.3) is 0 Å². The molecule has 3 heteroatoms. The second-order valence-corrected chi connectivity index (χ2v) is 6.39. The van der Waals surface area contributed by atoms with Gasteiger partial charge in [-0.05, 0) is 37.5 Å². The SMILES string of the molecule is CCC[C@@H]1C[C@H]1NC1CCCC1C1COCCN1. The zero-order valence-corrected chi connectivity index (χ0v) is 11.7. The molecule has 0 radical (unpaired) electrons. The molecule has 0 amide bonds. The van der Waals surface area contributed by atoms with Crippen LogP contribution in [-0.4, -0.2) is 37.9 Å². The first-order chi connectivity index (χ1) is 8.88. The predicted octanol–water partition coefficient (Wildman–Crippen LogP) is 1.92. The average molecular weight is 252 g/mol. The summed E-state index contributed by atoms with van der Waals surface area (Å²) in [6.07, 6.45) is 8.33. The molecule has 0 aromatic carbocycles. The third-order valence-electron chi connectivity index (χ3n) is 5.05. The van der Waals surface area contributed by atoms with E-state index < -0.39 is 0 Å². The Bertz CT molecular complexity index is 265. The molecule has 104 valence electrons. The molecule has 1 saturated heterocycles. The molecule has 0 aromatic heterocycles. The van der Waals surface area contributed by atoms with E-state index in [0.29, 0.717) is 6.04 Å². The number of ether oxygens (including phenoxy) is 1. The molecule has 1 heterocycles. The number of hydrogen-bond acceptors (Lipinski definition) is 3. The summed E-state index contributed by atoms with van der Waals surface area (Å²) in [5.74, 6) is 1.78. The molecular weight excluding hydrogens is 224 g/mol. The Labute approximate surface area is 111 Å². The first kappa shape index (κ1) is 12.9. The van der Waals surface area contributed by atoms with Gasteiger partial charge in [0, 0.05) is 24.7 Å². The van der Waals surface area contributed by atoms with Gasteiger partial charge in [-0.2, -0.15) is 0 Å². The second-order valence-electron chi connectivity index (χ2n) is 6.39. The molecule has 3 fully saturated rings. The first-order valence-electron chi connectivity index (χ1n) is 7.95. The van der Waals surface area contributed by atoms with Crippen molar-refractivity contribution in [1.29, 1.82) is 0 Å². The molecule has 0 bridgehead atoms. The van der Waals surface area contributed by atoms with E-state index in [0.717, 1.165) is 43.7 Å². The van der Waals surface area contributed by atoms with Gasteiger partial charge in [0.2, 0.25) is 0 Å². The minimum atomic E-state index is 0.599. The highest BCUT2D eigenvalue weighted by molar-refractivity contribution is 4.99. The summed E-state index contributed by atoms with van der Waals surface area (Å²) in [6.45, 7) is 5.15. The van der Waals surface area contributed by atoms with Crippen LogP contribution in [0.2, 0.25) is 0 Å². The molecular formula is C15H28N2O. The smallest absolute Gasteiger partial charge is 0.0623 e. The maximum Gasteiger partial charge on any atom is 0.0623 e. The lowest BCUT2D eigenvalue weighted by Crippen LogP contribution is -2.51. The van der Waals surface area contributed by atoms with Crippen molar-refractivity contribution in [1.82, 2.24) is 10.6 Å². The van der Waals surface area contributed by atoms with Crippen LogP contribution in [0.1, 0.15) is 45.4 Å². The summed E-state index contributed by atoms with van der Waals surface area (Å²) >= 11 is 0. The van der Waals surface area contributed by atoms with Crippen LogP contribution < -0.4 is 10.6 Å². The van der Waals surface area contributed by atoms with Crippen molar-refractivity contribution in [3.05, 3.63) is 0 Å². The van der Waals surface area contributed by atoms with E-state index in [-0.39, 0.29) is 0 Å². The van der Waals surface area contributed by atoms with Gasteiger partial charge in [0.15, 0.2) is 0 Å². The standard InChI is InChI=1S/C15H28N2O/c1-2-4-11-9-14(11)17-13-6-3-5-12(13)15-10-18-8-7-16-15/h11-17H,2-10H2,1H3/t11-,12?,13?,14-,15?/m1/s1. The number of rotatable bonds is 5. The van der Waals surface area contributed by atoms with Crippen LogP contribution in [0.5, 0.6) is 0 Å². The Morgan fingerprint density at radius 3 is 3.00 bits per heavy atom. The summed E-state index contributed by atoms with van der Waals surface area (Å²) in [7, 11) is 0. The number of nitrogens with one attached hydrogen (secondary N) is 2. The molecule has 3 rings (SSSR count). The largest absolute Gasteiger partial charge is 0.379 e. The molecule has 2 aliphatic carbocycles. The monoisotopic (exact) mass is 252 g/mol. The predicted molar refractivity (Wildman–Crippen MR) is 73.7 cm³/mol. The Morgan fingerprint density at radius 1 is 1.28 bits per heavy atom. The normalized spacial score (nSPS) is 44.2. The van der Waals surface area contributed by atoms with Crippen molar-refractivity contribution < 1.29 is 4.74 Å². The third-order valence-corrected chi connectivity index (χ3v) is 5.05. The Hall–Kier alpha value is -0.120. The van der Waals surface area contributed by atoms with Crippen LogP contribution in [0.4, 0.5) is 0 Å². The summed E-state index contributed by atoms with van der Waals surface area (Å²) in [6, 6.07) is 2.18. The molecule has 5 atom stereocenters. The lowest BCUT2D eigenvalue weighted by atomic mass is 9.94. The van der Waals surface area contributed by atoms with Gasteiger partial charge in [-0.25, -0.2) is 0 Å². The second kappa shape index (κ2) is 5.89. The molecule has 3 unspecified atom stereocenters. The van der Waals surface area contributed by atoms with Crippen LogP contribution in [0, 0.1) is 11.8 Å². The van der Waals surface area contributed by atoms with Gasteiger partial charge in [0.1, 0.15) is 0 Å². The van der Waals surface area contributed by atoms with Gasteiger partial charge in [-0.15, -0.1) is 0 Å². The minimum Gasteiger partial charge on any atom is -0.379 e. The van der Waals surface area contributed by atoms with E-state index >= 15 is 0 Å². The molecule has 3 nitrogen and oxygen atoms in total. The maximum atomic E-state index is 5.63. The van der Waals surface area contributed by atoms with Crippen LogP contribution in [-0.2, 0) is 4.74 Å². The highest BCUT2D eigenvalue weighted by Gasteiger charge is 2.41. The Balaban J connectivity index is 1.48. The fourth-order valence-corrected chi connectivity index (χ4v) is 3.95. The van der Waals surface area contributed by atoms with E-state index in [2.05, 4.69) is 17.6 Å². The molecule has 0 spiro atoms. The van der Waals surface area contributed by atoms with E-state index in [4.69, 9.17) is 4.74 Å². The van der Waals surface area contributed by atoms with Crippen molar-refractivity contribution >= 4 is 0 Å². The van der Waals surface area contributed by atoms with Crippen molar-refractivity contribution in [3.63, 3.8) is 0 Å². The number of hydrogen-bond donors (Lipinski definition) is 2. The maximum absolute atomic E-state index is 5.63. The van der Waals surface area contributed by atoms with Crippen molar-refractivity contribution in [2.24, 2.45) is 11.8 Å². The fourth-order valence-electron chi connectivity index (χ4n) is 3.95.